The van der Waals surface area contributed by atoms with E-state index in [0.29, 0.717) is 12.0 Å². The molecule has 0 bridgehead atoms. The molecule has 0 spiro atoms. The molecule has 1 fully saturated rings. The molecule has 0 saturated heterocycles. The molecule has 24 heavy (non-hydrogen) atoms. The van der Waals surface area contributed by atoms with Crippen molar-refractivity contribution < 1.29 is 9.90 Å². The van der Waals surface area contributed by atoms with E-state index >= 15 is 0 Å². The Hall–Kier alpha value is -2.21. The van der Waals surface area contributed by atoms with Crippen molar-refractivity contribution in [1.82, 2.24) is 20.1 Å². The quantitative estimate of drug-likeness (QED) is 0.849. The molecule has 0 aromatic carbocycles. The van der Waals surface area contributed by atoms with Gasteiger partial charge >= 0.3 is 0 Å². The van der Waals surface area contributed by atoms with Crippen molar-refractivity contribution in [3.05, 3.63) is 48.0 Å². The number of nitrogens with zero attached hydrogens (tertiary/aromatic N) is 3. The SMILES string of the molecule is CC(C)n1cc(C(=O)N[C@@H](Cc2ccccn2)C2CC(O)C2)cn1. The van der Waals surface area contributed by atoms with Crippen LogP contribution >= 0.6 is 0 Å². The first-order valence-electron chi connectivity index (χ1n) is 8.46. The zero-order valence-electron chi connectivity index (χ0n) is 14.1. The lowest BCUT2D eigenvalue weighted by molar-refractivity contribution is 0.0238. The molecule has 128 valence electrons. The predicted octanol–water partition coefficient (Wildman–Crippen LogP) is 1.97. The molecular weight excluding hydrogens is 304 g/mol. The lowest BCUT2D eigenvalue weighted by Crippen LogP contribution is -2.48. The van der Waals surface area contributed by atoms with E-state index in [1.807, 2.05) is 32.0 Å². The Morgan fingerprint density at radius 3 is 2.79 bits per heavy atom. The fourth-order valence-electron chi connectivity index (χ4n) is 3.03. The van der Waals surface area contributed by atoms with E-state index in [-0.39, 0.29) is 30.0 Å². The van der Waals surface area contributed by atoms with Crippen molar-refractivity contribution in [1.29, 1.82) is 0 Å². The van der Waals surface area contributed by atoms with Gasteiger partial charge in [-0.1, -0.05) is 6.07 Å². The van der Waals surface area contributed by atoms with Gasteiger partial charge in [-0.3, -0.25) is 14.5 Å². The summed E-state index contributed by atoms with van der Waals surface area (Å²) in [6.07, 6.45) is 7.00. The minimum absolute atomic E-state index is 0.0294. The van der Waals surface area contributed by atoms with Crippen molar-refractivity contribution in [3.63, 3.8) is 0 Å². The van der Waals surface area contributed by atoms with E-state index < -0.39 is 0 Å². The summed E-state index contributed by atoms with van der Waals surface area (Å²) in [7, 11) is 0. The Kier molecular flexibility index (Phi) is 4.94. The van der Waals surface area contributed by atoms with Crippen LogP contribution in [-0.2, 0) is 6.42 Å². The number of carbonyl (C=O) groups excluding carboxylic acids is 1. The van der Waals surface area contributed by atoms with Gasteiger partial charge in [0.1, 0.15) is 0 Å². The fraction of sp³-hybridized carbons (Fsp3) is 0.500. The predicted molar refractivity (Wildman–Crippen MR) is 90.5 cm³/mol. The van der Waals surface area contributed by atoms with Crippen LogP contribution in [0.2, 0.25) is 0 Å². The monoisotopic (exact) mass is 328 g/mol. The van der Waals surface area contributed by atoms with Gasteiger partial charge in [0.05, 0.1) is 17.9 Å². The summed E-state index contributed by atoms with van der Waals surface area (Å²) in [5, 5.41) is 16.9. The molecule has 1 aliphatic rings. The molecule has 2 aromatic heterocycles. The lowest BCUT2D eigenvalue weighted by Gasteiger charge is -2.38. The Balaban J connectivity index is 1.69. The minimum Gasteiger partial charge on any atom is -0.393 e. The van der Waals surface area contributed by atoms with Crippen LogP contribution in [0, 0.1) is 5.92 Å². The molecule has 2 aromatic rings. The number of amides is 1. The van der Waals surface area contributed by atoms with E-state index in [0.717, 1.165) is 18.5 Å². The zero-order chi connectivity index (χ0) is 17.1. The van der Waals surface area contributed by atoms with E-state index in [2.05, 4.69) is 15.4 Å². The van der Waals surface area contributed by atoms with Crippen LogP contribution in [0.25, 0.3) is 0 Å². The van der Waals surface area contributed by atoms with Crippen LogP contribution in [0.15, 0.2) is 36.8 Å². The van der Waals surface area contributed by atoms with Gasteiger partial charge in [-0.2, -0.15) is 5.10 Å². The number of pyridine rings is 1. The van der Waals surface area contributed by atoms with Crippen LogP contribution < -0.4 is 5.32 Å². The zero-order valence-corrected chi connectivity index (χ0v) is 14.1. The van der Waals surface area contributed by atoms with Gasteiger partial charge in [0.2, 0.25) is 0 Å². The molecule has 3 rings (SSSR count). The van der Waals surface area contributed by atoms with Gasteiger partial charge in [0.25, 0.3) is 5.91 Å². The normalized spacial score (nSPS) is 21.3. The summed E-state index contributed by atoms with van der Waals surface area (Å²) in [6, 6.07) is 5.98. The maximum Gasteiger partial charge on any atom is 0.254 e. The number of hydrogen-bond acceptors (Lipinski definition) is 4. The first-order chi connectivity index (χ1) is 11.5. The highest BCUT2D eigenvalue weighted by molar-refractivity contribution is 5.93. The topological polar surface area (TPSA) is 80.0 Å². The van der Waals surface area contributed by atoms with E-state index in [1.54, 1.807) is 23.3 Å². The van der Waals surface area contributed by atoms with Crippen molar-refractivity contribution in [2.24, 2.45) is 5.92 Å². The van der Waals surface area contributed by atoms with E-state index in [4.69, 9.17) is 0 Å². The van der Waals surface area contributed by atoms with E-state index in [9.17, 15) is 9.90 Å². The third-order valence-corrected chi connectivity index (χ3v) is 4.58. The highest BCUT2D eigenvalue weighted by Gasteiger charge is 2.35. The highest BCUT2D eigenvalue weighted by atomic mass is 16.3. The maximum atomic E-state index is 12.6. The summed E-state index contributed by atoms with van der Waals surface area (Å²) in [6.45, 7) is 4.04. The summed E-state index contributed by atoms with van der Waals surface area (Å²) in [5.41, 5.74) is 1.51. The van der Waals surface area contributed by atoms with Gasteiger partial charge in [0.15, 0.2) is 0 Å². The first-order valence-corrected chi connectivity index (χ1v) is 8.46. The Labute approximate surface area is 141 Å². The smallest absolute Gasteiger partial charge is 0.254 e. The molecule has 1 amide bonds. The molecule has 1 aliphatic carbocycles. The standard InChI is InChI=1S/C18H24N4O2/c1-12(2)22-11-14(10-20-22)18(24)21-17(13-7-16(23)8-13)9-15-5-3-4-6-19-15/h3-6,10-13,16-17,23H,7-9H2,1-2H3,(H,21,24)/t13?,16?,17-/m0/s1. The Bertz CT molecular complexity index is 677. The van der Waals surface area contributed by atoms with Gasteiger partial charge < -0.3 is 10.4 Å². The van der Waals surface area contributed by atoms with Crippen LogP contribution in [0.3, 0.4) is 0 Å². The Morgan fingerprint density at radius 1 is 1.42 bits per heavy atom. The van der Waals surface area contributed by atoms with E-state index in [1.165, 1.54) is 0 Å². The fourth-order valence-corrected chi connectivity index (χ4v) is 3.03. The molecule has 0 aliphatic heterocycles. The second-order valence-corrected chi connectivity index (χ2v) is 6.79. The molecule has 6 nitrogen and oxygen atoms in total. The average molecular weight is 328 g/mol. The minimum atomic E-state index is -0.248. The number of carbonyl (C=O) groups is 1. The molecular formula is C18H24N4O2. The average Bonchev–Trinajstić information content (AvgIpc) is 3.02. The number of aromatic nitrogens is 3. The Morgan fingerprint density at radius 2 is 2.21 bits per heavy atom. The van der Waals surface area contributed by atoms with Crippen LogP contribution in [0.1, 0.15) is 48.8 Å². The molecule has 0 radical (unpaired) electrons. The highest BCUT2D eigenvalue weighted by Crippen LogP contribution is 2.31. The third-order valence-electron chi connectivity index (χ3n) is 4.58. The molecule has 6 heteroatoms. The summed E-state index contributed by atoms with van der Waals surface area (Å²) in [4.78, 5) is 16.9. The van der Waals surface area contributed by atoms with Gasteiger partial charge in [-0.05, 0) is 44.7 Å². The number of aliphatic hydroxyl groups is 1. The maximum absolute atomic E-state index is 12.6. The third kappa shape index (κ3) is 3.82. The summed E-state index contributed by atoms with van der Waals surface area (Å²) < 4.78 is 1.77. The first kappa shape index (κ1) is 16.6. The number of aliphatic hydroxyl groups excluding tert-OH is 1. The molecule has 2 N–H and O–H groups in total. The largest absolute Gasteiger partial charge is 0.393 e. The van der Waals surface area contributed by atoms with Crippen LogP contribution in [0.4, 0.5) is 0 Å². The second kappa shape index (κ2) is 7.13. The van der Waals surface area contributed by atoms with Crippen molar-refractivity contribution >= 4 is 5.91 Å². The second-order valence-electron chi connectivity index (χ2n) is 6.79. The number of rotatable bonds is 6. The number of nitrogens with one attached hydrogen (secondary N) is 1. The van der Waals surface area contributed by atoms with Crippen molar-refractivity contribution in [2.75, 3.05) is 0 Å². The summed E-state index contributed by atoms with van der Waals surface area (Å²) in [5.74, 6) is 0.162. The van der Waals surface area contributed by atoms with Gasteiger partial charge in [0, 0.05) is 36.6 Å². The van der Waals surface area contributed by atoms with Gasteiger partial charge in [-0.25, -0.2) is 0 Å². The number of hydrogen-bond donors (Lipinski definition) is 2. The van der Waals surface area contributed by atoms with Crippen molar-refractivity contribution in [2.45, 2.75) is 51.3 Å². The van der Waals surface area contributed by atoms with Crippen LogP contribution in [-0.4, -0.2) is 37.9 Å². The summed E-state index contributed by atoms with van der Waals surface area (Å²) >= 11 is 0. The van der Waals surface area contributed by atoms with Crippen LogP contribution in [0.5, 0.6) is 0 Å². The molecule has 2 heterocycles. The molecule has 1 atom stereocenters. The lowest BCUT2D eigenvalue weighted by atomic mass is 9.76. The molecule has 0 unspecified atom stereocenters. The van der Waals surface area contributed by atoms with Crippen molar-refractivity contribution in [3.8, 4) is 0 Å². The molecule has 1 saturated carbocycles. The van der Waals surface area contributed by atoms with Gasteiger partial charge in [-0.15, -0.1) is 0 Å².